The highest BCUT2D eigenvalue weighted by Crippen LogP contribution is 2.28. The number of anilines is 1. The molecule has 0 saturated carbocycles. The third-order valence-corrected chi connectivity index (χ3v) is 6.43. The Balaban J connectivity index is 0.000000206. The molecule has 0 amide bonds. The van der Waals surface area contributed by atoms with Crippen molar-refractivity contribution in [2.45, 2.75) is 66.0 Å². The zero-order valence-corrected chi connectivity index (χ0v) is 23.4. The third kappa shape index (κ3) is 9.45. The van der Waals surface area contributed by atoms with E-state index >= 15 is 0 Å². The van der Waals surface area contributed by atoms with Gasteiger partial charge in [-0.2, -0.15) is 0 Å². The lowest BCUT2D eigenvalue weighted by atomic mass is 10.1. The molecule has 0 spiro atoms. The number of nitrogens with one attached hydrogen (secondary N) is 1. The standard InChI is InChI=1S/C15H22N2.C10H15N.C8H10/c1-3-5-11-17-14(4-2)12-16-15(17)13-9-7-6-8-10-13;1-4-9-5-7-10(8-6-9)11(2)3;1-2-8-6-4-3-5-7-8/h6-10,12,15-16H,3-5,11H2,1-2H3;5-8H,4H2,1-3H3;3-7H,2H2,1H3. The minimum atomic E-state index is 0.331. The SMILES string of the molecule is CCCCN1C(CC)=CNC1c1ccccc1.CCc1ccc(N(C)C)cc1.CCc1ccccc1. The molecular formula is C33H47N3. The molecule has 1 atom stereocenters. The monoisotopic (exact) mass is 485 g/mol. The van der Waals surface area contributed by atoms with Crippen molar-refractivity contribution in [3.63, 3.8) is 0 Å². The van der Waals surface area contributed by atoms with Crippen LogP contribution in [-0.4, -0.2) is 25.5 Å². The Morgan fingerprint density at radius 1 is 0.694 bits per heavy atom. The Morgan fingerprint density at radius 2 is 1.25 bits per heavy atom. The van der Waals surface area contributed by atoms with Gasteiger partial charge in [-0.1, -0.05) is 107 Å². The molecule has 3 aromatic rings. The average molecular weight is 486 g/mol. The molecular weight excluding hydrogens is 438 g/mol. The van der Waals surface area contributed by atoms with Gasteiger partial charge in [-0.15, -0.1) is 0 Å². The fourth-order valence-corrected chi connectivity index (χ4v) is 4.08. The first-order chi connectivity index (χ1) is 17.5. The van der Waals surface area contributed by atoms with Gasteiger partial charge in [0, 0.05) is 38.2 Å². The van der Waals surface area contributed by atoms with Crippen molar-refractivity contribution < 1.29 is 0 Å². The fourth-order valence-electron chi connectivity index (χ4n) is 4.08. The summed E-state index contributed by atoms with van der Waals surface area (Å²) >= 11 is 0. The molecule has 3 heteroatoms. The first kappa shape index (κ1) is 29.0. The lowest BCUT2D eigenvalue weighted by molar-refractivity contribution is 0.254. The third-order valence-electron chi connectivity index (χ3n) is 6.43. The normalized spacial score (nSPS) is 14.0. The van der Waals surface area contributed by atoms with Crippen molar-refractivity contribution in [2.24, 2.45) is 0 Å². The van der Waals surface area contributed by atoms with Gasteiger partial charge in [0.05, 0.1) is 0 Å². The molecule has 1 aliphatic heterocycles. The van der Waals surface area contributed by atoms with Crippen LogP contribution in [0.25, 0.3) is 0 Å². The van der Waals surface area contributed by atoms with Crippen LogP contribution < -0.4 is 10.2 Å². The van der Waals surface area contributed by atoms with Gasteiger partial charge in [0.15, 0.2) is 0 Å². The van der Waals surface area contributed by atoms with E-state index in [0.717, 1.165) is 25.8 Å². The highest BCUT2D eigenvalue weighted by atomic mass is 15.3. The van der Waals surface area contributed by atoms with E-state index in [-0.39, 0.29) is 0 Å². The molecule has 0 aromatic heterocycles. The summed E-state index contributed by atoms with van der Waals surface area (Å²) in [5.41, 5.74) is 6.85. The number of rotatable bonds is 8. The largest absolute Gasteiger partial charge is 0.378 e. The van der Waals surface area contributed by atoms with Crippen molar-refractivity contribution in [2.75, 3.05) is 25.5 Å². The van der Waals surface area contributed by atoms with Crippen LogP contribution in [0.4, 0.5) is 5.69 Å². The topological polar surface area (TPSA) is 18.5 Å². The quantitative estimate of drug-likeness (QED) is 0.347. The molecule has 1 aliphatic rings. The van der Waals surface area contributed by atoms with Crippen molar-refractivity contribution in [3.05, 3.63) is 114 Å². The van der Waals surface area contributed by atoms with E-state index in [4.69, 9.17) is 0 Å². The summed E-state index contributed by atoms with van der Waals surface area (Å²) in [6.45, 7) is 9.94. The molecule has 36 heavy (non-hydrogen) atoms. The summed E-state index contributed by atoms with van der Waals surface area (Å²) in [5.74, 6) is 0. The summed E-state index contributed by atoms with van der Waals surface area (Å²) in [5, 5.41) is 3.50. The second kappa shape index (κ2) is 16.5. The van der Waals surface area contributed by atoms with Gasteiger partial charge in [-0.05, 0) is 54.5 Å². The van der Waals surface area contributed by atoms with E-state index < -0.39 is 0 Å². The number of nitrogens with zero attached hydrogens (tertiary/aromatic N) is 2. The number of benzene rings is 3. The van der Waals surface area contributed by atoms with Crippen molar-refractivity contribution in [3.8, 4) is 0 Å². The van der Waals surface area contributed by atoms with Crippen LogP contribution in [-0.2, 0) is 12.8 Å². The van der Waals surface area contributed by atoms with Gasteiger partial charge in [-0.25, -0.2) is 0 Å². The van der Waals surface area contributed by atoms with Crippen LogP contribution in [0.1, 0.15) is 69.8 Å². The number of aryl methyl sites for hydroxylation is 2. The van der Waals surface area contributed by atoms with Crippen LogP contribution in [0, 0.1) is 0 Å². The summed E-state index contributed by atoms with van der Waals surface area (Å²) in [4.78, 5) is 4.61. The van der Waals surface area contributed by atoms with Gasteiger partial charge in [0.2, 0.25) is 0 Å². The molecule has 194 valence electrons. The Hall–Kier alpha value is -3.20. The molecule has 0 aliphatic carbocycles. The van der Waals surface area contributed by atoms with E-state index in [2.05, 4.69) is 142 Å². The maximum atomic E-state index is 3.50. The smallest absolute Gasteiger partial charge is 0.125 e. The number of hydrogen-bond donors (Lipinski definition) is 1. The van der Waals surface area contributed by atoms with Crippen molar-refractivity contribution in [1.82, 2.24) is 10.2 Å². The van der Waals surface area contributed by atoms with Crippen LogP contribution in [0.5, 0.6) is 0 Å². The highest BCUT2D eigenvalue weighted by molar-refractivity contribution is 5.45. The molecule has 0 fully saturated rings. The van der Waals surface area contributed by atoms with Gasteiger partial charge < -0.3 is 15.1 Å². The average Bonchev–Trinajstić information content (AvgIpc) is 3.36. The molecule has 1 N–H and O–H groups in total. The Morgan fingerprint density at radius 3 is 1.72 bits per heavy atom. The number of unbranched alkanes of at least 4 members (excludes halogenated alkanes) is 1. The van der Waals surface area contributed by atoms with E-state index in [9.17, 15) is 0 Å². The first-order valence-electron chi connectivity index (χ1n) is 13.6. The zero-order chi connectivity index (χ0) is 26.2. The molecule has 0 bridgehead atoms. The van der Waals surface area contributed by atoms with E-state index in [1.165, 1.54) is 40.9 Å². The van der Waals surface area contributed by atoms with E-state index in [0.29, 0.717) is 6.17 Å². The van der Waals surface area contributed by atoms with Crippen LogP contribution in [0.15, 0.2) is 96.8 Å². The van der Waals surface area contributed by atoms with Crippen LogP contribution in [0.2, 0.25) is 0 Å². The summed E-state index contributed by atoms with van der Waals surface area (Å²) in [6, 6.07) is 29.8. The molecule has 0 saturated heterocycles. The predicted molar refractivity (Wildman–Crippen MR) is 158 cm³/mol. The van der Waals surface area contributed by atoms with Crippen LogP contribution >= 0.6 is 0 Å². The molecule has 1 unspecified atom stereocenters. The molecule has 3 aromatic carbocycles. The van der Waals surface area contributed by atoms with Gasteiger partial charge in [0.25, 0.3) is 0 Å². The number of hydrogen-bond acceptors (Lipinski definition) is 3. The van der Waals surface area contributed by atoms with Crippen molar-refractivity contribution in [1.29, 1.82) is 0 Å². The second-order valence-corrected chi connectivity index (χ2v) is 9.27. The Kier molecular flexibility index (Phi) is 13.3. The maximum absolute atomic E-state index is 3.50. The lowest BCUT2D eigenvalue weighted by Gasteiger charge is -2.29. The lowest BCUT2D eigenvalue weighted by Crippen LogP contribution is -2.29. The second-order valence-electron chi connectivity index (χ2n) is 9.27. The minimum Gasteiger partial charge on any atom is -0.378 e. The minimum absolute atomic E-state index is 0.331. The molecule has 1 heterocycles. The molecule has 3 nitrogen and oxygen atoms in total. The maximum Gasteiger partial charge on any atom is 0.125 e. The van der Waals surface area contributed by atoms with Gasteiger partial charge >= 0.3 is 0 Å². The summed E-state index contributed by atoms with van der Waals surface area (Å²) < 4.78 is 0. The van der Waals surface area contributed by atoms with Crippen molar-refractivity contribution >= 4 is 5.69 Å². The molecule has 4 rings (SSSR count). The first-order valence-corrected chi connectivity index (χ1v) is 13.6. The summed E-state index contributed by atoms with van der Waals surface area (Å²) in [7, 11) is 4.11. The number of allylic oxidation sites excluding steroid dienone is 1. The van der Waals surface area contributed by atoms with Gasteiger partial charge in [-0.3, -0.25) is 0 Å². The Labute approximate surface area is 220 Å². The Bertz CT molecular complexity index is 978. The van der Waals surface area contributed by atoms with E-state index in [1.807, 2.05) is 6.07 Å². The summed E-state index contributed by atoms with van der Waals surface area (Å²) in [6.07, 6.45) is 8.36. The van der Waals surface area contributed by atoms with Gasteiger partial charge in [0.1, 0.15) is 6.17 Å². The molecule has 0 radical (unpaired) electrons. The predicted octanol–water partition coefficient (Wildman–Crippen LogP) is 8.21. The van der Waals surface area contributed by atoms with Crippen LogP contribution in [0.3, 0.4) is 0 Å². The highest BCUT2D eigenvalue weighted by Gasteiger charge is 2.24. The van der Waals surface area contributed by atoms with E-state index in [1.54, 1.807) is 0 Å². The fraction of sp³-hybridized carbons (Fsp3) is 0.394. The zero-order valence-electron chi connectivity index (χ0n) is 23.4.